The van der Waals surface area contributed by atoms with E-state index >= 15 is 0 Å². The second kappa shape index (κ2) is 6.53. The number of hydrazine groups is 1. The van der Waals surface area contributed by atoms with Crippen molar-refractivity contribution in [1.29, 1.82) is 0 Å². The molecule has 0 saturated carbocycles. The first-order valence-electron chi connectivity index (χ1n) is 6.80. The lowest BCUT2D eigenvalue weighted by Crippen LogP contribution is -2.30. The minimum absolute atomic E-state index is 0.126. The van der Waals surface area contributed by atoms with E-state index < -0.39 is 0 Å². The third-order valence-corrected chi connectivity index (χ3v) is 4.73. The molecule has 1 atom stereocenters. The van der Waals surface area contributed by atoms with Crippen LogP contribution in [0.1, 0.15) is 33.9 Å². The van der Waals surface area contributed by atoms with Crippen LogP contribution < -0.4 is 11.3 Å². The van der Waals surface area contributed by atoms with Gasteiger partial charge in [0.2, 0.25) is 0 Å². The second-order valence-electron chi connectivity index (χ2n) is 5.30. The monoisotopic (exact) mass is 332 g/mol. The molecule has 0 saturated heterocycles. The number of nitrogens with two attached hydrogens (primary N) is 1. The summed E-state index contributed by atoms with van der Waals surface area (Å²) in [7, 11) is 0. The molecule has 1 unspecified atom stereocenters. The van der Waals surface area contributed by atoms with Gasteiger partial charge in [-0.3, -0.25) is 11.3 Å². The molecule has 3 heteroatoms. The zero-order valence-corrected chi connectivity index (χ0v) is 13.8. The number of nitrogens with one attached hydrogen (secondary N) is 1. The largest absolute Gasteiger partial charge is 0.271 e. The lowest BCUT2D eigenvalue weighted by Gasteiger charge is -2.20. The van der Waals surface area contributed by atoms with Crippen LogP contribution in [-0.2, 0) is 6.42 Å². The fourth-order valence-electron chi connectivity index (χ4n) is 2.53. The Morgan fingerprint density at radius 3 is 2.25 bits per heavy atom. The van der Waals surface area contributed by atoms with E-state index in [4.69, 9.17) is 5.84 Å². The van der Waals surface area contributed by atoms with Crippen molar-refractivity contribution in [2.45, 2.75) is 33.2 Å². The van der Waals surface area contributed by atoms with Crippen molar-refractivity contribution in [1.82, 2.24) is 5.43 Å². The SMILES string of the molecule is Cc1cc(C(Cc2c(C)cccc2C)NN)ccc1Br. The third-order valence-electron chi connectivity index (χ3n) is 3.84. The van der Waals surface area contributed by atoms with Crippen LogP contribution in [0.5, 0.6) is 0 Å². The fourth-order valence-corrected chi connectivity index (χ4v) is 2.78. The Hall–Kier alpha value is -1.16. The number of aryl methyl sites for hydroxylation is 3. The summed E-state index contributed by atoms with van der Waals surface area (Å²) in [6.45, 7) is 6.41. The topological polar surface area (TPSA) is 38.0 Å². The van der Waals surface area contributed by atoms with Gasteiger partial charge < -0.3 is 0 Å². The Morgan fingerprint density at radius 2 is 1.70 bits per heavy atom. The van der Waals surface area contributed by atoms with Crippen LogP contribution in [0.3, 0.4) is 0 Å². The second-order valence-corrected chi connectivity index (χ2v) is 6.16. The van der Waals surface area contributed by atoms with Crippen molar-refractivity contribution in [3.63, 3.8) is 0 Å². The molecule has 0 fully saturated rings. The van der Waals surface area contributed by atoms with Crippen molar-refractivity contribution in [2.75, 3.05) is 0 Å². The van der Waals surface area contributed by atoms with Gasteiger partial charge in [0, 0.05) is 4.47 Å². The first kappa shape index (κ1) is 15.2. The highest BCUT2D eigenvalue weighted by molar-refractivity contribution is 9.10. The average molecular weight is 333 g/mol. The zero-order valence-electron chi connectivity index (χ0n) is 12.2. The predicted octanol–water partition coefficient (Wildman–Crippen LogP) is 4.12. The number of hydrogen-bond acceptors (Lipinski definition) is 2. The highest BCUT2D eigenvalue weighted by Crippen LogP contribution is 2.25. The summed E-state index contributed by atoms with van der Waals surface area (Å²) >= 11 is 3.54. The molecule has 2 aromatic carbocycles. The smallest absolute Gasteiger partial charge is 0.0500 e. The summed E-state index contributed by atoms with van der Waals surface area (Å²) in [6.07, 6.45) is 0.899. The van der Waals surface area contributed by atoms with E-state index in [2.05, 4.69) is 78.5 Å². The molecule has 0 aliphatic heterocycles. The Bertz CT molecular complexity index is 588. The van der Waals surface area contributed by atoms with Crippen molar-refractivity contribution in [3.8, 4) is 0 Å². The molecule has 0 bridgehead atoms. The number of rotatable bonds is 4. The fraction of sp³-hybridized carbons (Fsp3) is 0.294. The summed E-state index contributed by atoms with van der Waals surface area (Å²) in [6, 6.07) is 12.9. The maximum Gasteiger partial charge on any atom is 0.0500 e. The van der Waals surface area contributed by atoms with E-state index in [1.807, 2.05) is 0 Å². The molecule has 2 aromatic rings. The van der Waals surface area contributed by atoms with Crippen molar-refractivity contribution < 1.29 is 0 Å². The minimum Gasteiger partial charge on any atom is -0.271 e. The van der Waals surface area contributed by atoms with E-state index in [1.165, 1.54) is 27.8 Å². The molecule has 0 aliphatic rings. The number of hydrogen-bond donors (Lipinski definition) is 2. The number of halogens is 1. The van der Waals surface area contributed by atoms with Gasteiger partial charge in [-0.15, -0.1) is 0 Å². The molecule has 106 valence electrons. The van der Waals surface area contributed by atoms with E-state index in [1.54, 1.807) is 0 Å². The normalized spacial score (nSPS) is 12.4. The highest BCUT2D eigenvalue weighted by atomic mass is 79.9. The first-order valence-corrected chi connectivity index (χ1v) is 7.59. The Labute approximate surface area is 129 Å². The quantitative estimate of drug-likeness (QED) is 0.652. The predicted molar refractivity (Wildman–Crippen MR) is 88.6 cm³/mol. The molecule has 0 aromatic heterocycles. The van der Waals surface area contributed by atoms with Gasteiger partial charge in [0.05, 0.1) is 6.04 Å². The molecule has 0 amide bonds. The van der Waals surface area contributed by atoms with Gasteiger partial charge >= 0.3 is 0 Å². The molecule has 2 rings (SSSR count). The molecule has 2 nitrogen and oxygen atoms in total. The summed E-state index contributed by atoms with van der Waals surface area (Å²) in [5, 5.41) is 0. The van der Waals surface area contributed by atoms with Crippen molar-refractivity contribution >= 4 is 15.9 Å². The molecular formula is C17H21BrN2. The number of benzene rings is 2. The average Bonchev–Trinajstić information content (AvgIpc) is 2.42. The third kappa shape index (κ3) is 3.29. The standard InChI is InChI=1S/C17H21BrN2/c1-11-5-4-6-12(2)15(11)10-17(20-19)14-7-8-16(18)13(3)9-14/h4-9,17,20H,10,19H2,1-3H3. The van der Waals surface area contributed by atoms with Crippen LogP contribution in [-0.4, -0.2) is 0 Å². The van der Waals surface area contributed by atoms with Crippen LogP contribution in [0.25, 0.3) is 0 Å². The minimum atomic E-state index is 0.126. The van der Waals surface area contributed by atoms with Gasteiger partial charge in [0.25, 0.3) is 0 Å². The van der Waals surface area contributed by atoms with Crippen LogP contribution >= 0.6 is 15.9 Å². The van der Waals surface area contributed by atoms with E-state index in [-0.39, 0.29) is 6.04 Å². The Morgan fingerprint density at radius 1 is 1.05 bits per heavy atom. The van der Waals surface area contributed by atoms with Gasteiger partial charge in [-0.2, -0.15) is 0 Å². The molecule has 20 heavy (non-hydrogen) atoms. The van der Waals surface area contributed by atoms with Crippen LogP contribution in [0, 0.1) is 20.8 Å². The van der Waals surface area contributed by atoms with Gasteiger partial charge in [-0.25, -0.2) is 0 Å². The van der Waals surface area contributed by atoms with Crippen molar-refractivity contribution in [2.24, 2.45) is 5.84 Å². The lowest BCUT2D eigenvalue weighted by atomic mass is 9.93. The van der Waals surface area contributed by atoms with E-state index in [9.17, 15) is 0 Å². The lowest BCUT2D eigenvalue weighted by molar-refractivity contribution is 0.549. The molecular weight excluding hydrogens is 312 g/mol. The van der Waals surface area contributed by atoms with E-state index in [0.29, 0.717) is 0 Å². The van der Waals surface area contributed by atoms with Crippen LogP contribution in [0.15, 0.2) is 40.9 Å². The summed E-state index contributed by atoms with van der Waals surface area (Å²) in [5.74, 6) is 5.78. The molecule has 3 N–H and O–H groups in total. The van der Waals surface area contributed by atoms with Crippen LogP contribution in [0.4, 0.5) is 0 Å². The van der Waals surface area contributed by atoms with Gasteiger partial charge in [0.1, 0.15) is 0 Å². The Kier molecular flexibility index (Phi) is 4.97. The van der Waals surface area contributed by atoms with Gasteiger partial charge in [-0.05, 0) is 61.1 Å². The molecule has 0 aliphatic carbocycles. The maximum atomic E-state index is 5.78. The molecule has 0 spiro atoms. The van der Waals surface area contributed by atoms with E-state index in [0.717, 1.165) is 10.9 Å². The van der Waals surface area contributed by atoms with Gasteiger partial charge in [-0.1, -0.05) is 46.3 Å². The highest BCUT2D eigenvalue weighted by Gasteiger charge is 2.14. The molecule has 0 radical (unpaired) electrons. The maximum absolute atomic E-state index is 5.78. The first-order chi connectivity index (χ1) is 9.52. The zero-order chi connectivity index (χ0) is 14.7. The van der Waals surface area contributed by atoms with Crippen molar-refractivity contribution in [3.05, 3.63) is 68.7 Å². The summed E-state index contributed by atoms with van der Waals surface area (Å²) in [5.41, 5.74) is 9.41. The molecule has 0 heterocycles. The summed E-state index contributed by atoms with van der Waals surface area (Å²) in [4.78, 5) is 0. The Balaban J connectivity index is 2.31. The summed E-state index contributed by atoms with van der Waals surface area (Å²) < 4.78 is 1.13. The van der Waals surface area contributed by atoms with Crippen LogP contribution in [0.2, 0.25) is 0 Å². The van der Waals surface area contributed by atoms with Gasteiger partial charge in [0.15, 0.2) is 0 Å².